The van der Waals surface area contributed by atoms with E-state index in [0.717, 1.165) is 0 Å². The molecule has 1 unspecified atom stereocenters. The summed E-state index contributed by atoms with van der Waals surface area (Å²) in [4.78, 5) is 35.2. The minimum absolute atomic E-state index is 0.0123. The highest BCUT2D eigenvalue weighted by atomic mass is 16.6. The first-order chi connectivity index (χ1) is 9.97. The smallest absolute Gasteiger partial charge is 0.269 e. The van der Waals surface area contributed by atoms with Gasteiger partial charge in [0.05, 0.1) is 10.8 Å². The lowest BCUT2D eigenvalue weighted by molar-refractivity contribution is -0.384. The number of nitro groups is 1. The average molecular weight is 291 g/mol. The van der Waals surface area contributed by atoms with Crippen LogP contribution in [0, 0.1) is 16.0 Å². The fraction of sp³-hybridized carbons (Fsp3) is 0.429. The van der Waals surface area contributed by atoms with Gasteiger partial charge in [0.25, 0.3) is 5.69 Å². The van der Waals surface area contributed by atoms with Crippen LogP contribution in [-0.4, -0.2) is 35.2 Å². The van der Waals surface area contributed by atoms with E-state index in [-0.39, 0.29) is 23.4 Å². The molecular formula is C14H17N3O4. The first-order valence-electron chi connectivity index (χ1n) is 6.72. The first-order valence-corrected chi connectivity index (χ1v) is 6.72. The summed E-state index contributed by atoms with van der Waals surface area (Å²) in [5.41, 5.74) is 0.721. The zero-order valence-corrected chi connectivity index (χ0v) is 11.7. The number of nitrogens with zero attached hydrogens (tertiary/aromatic N) is 2. The average Bonchev–Trinajstić information content (AvgIpc) is 2.47. The van der Waals surface area contributed by atoms with Gasteiger partial charge in [0.1, 0.15) is 0 Å². The lowest BCUT2D eigenvalue weighted by Crippen LogP contribution is -2.43. The molecule has 0 spiro atoms. The lowest BCUT2D eigenvalue weighted by Gasteiger charge is -2.26. The van der Waals surface area contributed by atoms with Gasteiger partial charge in [0.15, 0.2) is 0 Å². The summed E-state index contributed by atoms with van der Waals surface area (Å²) in [6.07, 6.45) is 0.908. The zero-order chi connectivity index (χ0) is 15.4. The maximum atomic E-state index is 12.3. The SMILES string of the molecule is CN(Cc1cccc([N+](=O)[O-])c1)C(=O)C1CCC(=O)NC1. The van der Waals surface area contributed by atoms with Gasteiger partial charge in [0, 0.05) is 38.7 Å². The van der Waals surface area contributed by atoms with E-state index in [9.17, 15) is 19.7 Å². The van der Waals surface area contributed by atoms with E-state index < -0.39 is 4.92 Å². The van der Waals surface area contributed by atoms with Gasteiger partial charge in [-0.1, -0.05) is 12.1 Å². The summed E-state index contributed by atoms with van der Waals surface area (Å²) in [5.74, 6) is -0.298. The van der Waals surface area contributed by atoms with Crippen LogP contribution in [0.15, 0.2) is 24.3 Å². The second-order valence-electron chi connectivity index (χ2n) is 5.16. The van der Waals surface area contributed by atoms with Crippen LogP contribution in [0.25, 0.3) is 0 Å². The second kappa shape index (κ2) is 6.34. The molecule has 1 fully saturated rings. The van der Waals surface area contributed by atoms with Crippen molar-refractivity contribution < 1.29 is 14.5 Å². The summed E-state index contributed by atoms with van der Waals surface area (Å²) in [7, 11) is 1.66. The van der Waals surface area contributed by atoms with E-state index in [0.29, 0.717) is 31.5 Å². The van der Waals surface area contributed by atoms with Gasteiger partial charge in [-0.05, 0) is 12.0 Å². The van der Waals surface area contributed by atoms with Gasteiger partial charge in [-0.15, -0.1) is 0 Å². The van der Waals surface area contributed by atoms with E-state index >= 15 is 0 Å². The Hall–Kier alpha value is -2.44. The molecule has 1 aromatic carbocycles. The highest BCUT2D eigenvalue weighted by molar-refractivity contribution is 5.83. The third-order valence-corrected chi connectivity index (χ3v) is 3.53. The number of non-ortho nitro benzene ring substituents is 1. The molecule has 1 atom stereocenters. The van der Waals surface area contributed by atoms with Crippen molar-refractivity contribution in [3.8, 4) is 0 Å². The number of hydrogen-bond acceptors (Lipinski definition) is 4. The largest absolute Gasteiger partial charge is 0.355 e. The first kappa shape index (κ1) is 15.0. The minimum Gasteiger partial charge on any atom is -0.355 e. The molecule has 7 heteroatoms. The van der Waals surface area contributed by atoms with Crippen molar-refractivity contribution in [3.63, 3.8) is 0 Å². The van der Waals surface area contributed by atoms with Crippen molar-refractivity contribution in [1.82, 2.24) is 10.2 Å². The van der Waals surface area contributed by atoms with Gasteiger partial charge in [-0.3, -0.25) is 19.7 Å². The highest BCUT2D eigenvalue weighted by Crippen LogP contribution is 2.17. The summed E-state index contributed by atoms with van der Waals surface area (Å²) in [6.45, 7) is 0.669. The molecule has 1 aliphatic heterocycles. The Labute approximate surface area is 122 Å². The van der Waals surface area contributed by atoms with Gasteiger partial charge in [0.2, 0.25) is 11.8 Å². The standard InChI is InChI=1S/C14H17N3O4/c1-16(14(19)11-5-6-13(18)15-8-11)9-10-3-2-4-12(7-10)17(20)21/h2-4,7,11H,5-6,8-9H2,1H3,(H,15,18). The number of nitrogens with one attached hydrogen (secondary N) is 1. The number of benzene rings is 1. The Morgan fingerprint density at radius 2 is 2.29 bits per heavy atom. The van der Waals surface area contributed by atoms with Crippen molar-refractivity contribution >= 4 is 17.5 Å². The van der Waals surface area contributed by atoms with Crippen molar-refractivity contribution in [3.05, 3.63) is 39.9 Å². The van der Waals surface area contributed by atoms with E-state index in [2.05, 4.69) is 5.32 Å². The number of rotatable bonds is 4. The normalized spacial score (nSPS) is 18.0. The number of carbonyl (C=O) groups is 2. The number of piperidine rings is 1. The third kappa shape index (κ3) is 3.77. The topological polar surface area (TPSA) is 92.5 Å². The summed E-state index contributed by atoms with van der Waals surface area (Å²) in [6, 6.07) is 6.24. The van der Waals surface area contributed by atoms with Crippen LogP contribution in [0.5, 0.6) is 0 Å². The van der Waals surface area contributed by atoms with Crippen molar-refractivity contribution in [2.24, 2.45) is 5.92 Å². The molecule has 1 N–H and O–H groups in total. The minimum atomic E-state index is -0.456. The van der Waals surface area contributed by atoms with Crippen LogP contribution >= 0.6 is 0 Å². The molecule has 7 nitrogen and oxygen atoms in total. The molecule has 0 radical (unpaired) electrons. The van der Waals surface area contributed by atoms with Gasteiger partial charge >= 0.3 is 0 Å². The van der Waals surface area contributed by atoms with Gasteiger partial charge in [-0.2, -0.15) is 0 Å². The number of carbonyl (C=O) groups excluding carboxylic acids is 2. The zero-order valence-electron chi connectivity index (χ0n) is 11.7. The molecule has 112 valence electrons. The Morgan fingerprint density at radius 1 is 1.52 bits per heavy atom. The van der Waals surface area contributed by atoms with E-state index in [1.807, 2.05) is 0 Å². The van der Waals surface area contributed by atoms with Crippen LogP contribution in [0.1, 0.15) is 18.4 Å². The predicted octanol–water partition coefficient (Wildman–Crippen LogP) is 1.08. The van der Waals surface area contributed by atoms with Crippen molar-refractivity contribution in [1.29, 1.82) is 0 Å². The number of amides is 2. The molecule has 2 amide bonds. The molecule has 1 saturated heterocycles. The number of nitro benzene ring substituents is 1. The summed E-state index contributed by atoms with van der Waals surface area (Å²) < 4.78 is 0. The molecule has 0 saturated carbocycles. The third-order valence-electron chi connectivity index (χ3n) is 3.53. The monoisotopic (exact) mass is 291 g/mol. The van der Waals surface area contributed by atoms with Crippen LogP contribution < -0.4 is 5.32 Å². The van der Waals surface area contributed by atoms with Gasteiger partial charge in [-0.25, -0.2) is 0 Å². The van der Waals surface area contributed by atoms with Gasteiger partial charge < -0.3 is 10.2 Å². The van der Waals surface area contributed by atoms with E-state index in [1.165, 1.54) is 12.1 Å². The number of hydrogen-bond donors (Lipinski definition) is 1. The Kier molecular flexibility index (Phi) is 4.52. The maximum Gasteiger partial charge on any atom is 0.269 e. The summed E-state index contributed by atoms with van der Waals surface area (Å²) in [5, 5.41) is 13.4. The van der Waals surface area contributed by atoms with Crippen LogP contribution in [-0.2, 0) is 16.1 Å². The van der Waals surface area contributed by atoms with Crippen molar-refractivity contribution in [2.45, 2.75) is 19.4 Å². The molecule has 1 aliphatic rings. The molecule has 1 heterocycles. The molecule has 21 heavy (non-hydrogen) atoms. The van der Waals surface area contributed by atoms with Crippen molar-refractivity contribution in [2.75, 3.05) is 13.6 Å². The Bertz CT molecular complexity index is 563. The molecular weight excluding hydrogens is 274 g/mol. The fourth-order valence-electron chi connectivity index (χ4n) is 2.38. The quantitative estimate of drug-likeness (QED) is 0.663. The Balaban J connectivity index is 1.98. The maximum absolute atomic E-state index is 12.3. The van der Waals surface area contributed by atoms with Crippen LogP contribution in [0.2, 0.25) is 0 Å². The Morgan fingerprint density at radius 3 is 2.90 bits per heavy atom. The highest BCUT2D eigenvalue weighted by Gasteiger charge is 2.26. The van der Waals surface area contributed by atoms with Crippen LogP contribution in [0.3, 0.4) is 0 Å². The lowest BCUT2D eigenvalue weighted by atomic mass is 9.97. The molecule has 1 aromatic rings. The summed E-state index contributed by atoms with van der Waals surface area (Å²) >= 11 is 0. The molecule has 0 bridgehead atoms. The molecule has 0 aliphatic carbocycles. The fourth-order valence-corrected chi connectivity index (χ4v) is 2.38. The molecule has 0 aromatic heterocycles. The predicted molar refractivity (Wildman–Crippen MR) is 75.3 cm³/mol. The van der Waals surface area contributed by atoms with Crippen LogP contribution in [0.4, 0.5) is 5.69 Å². The second-order valence-corrected chi connectivity index (χ2v) is 5.16. The molecule has 2 rings (SSSR count). The van der Waals surface area contributed by atoms with E-state index in [4.69, 9.17) is 0 Å². The van der Waals surface area contributed by atoms with E-state index in [1.54, 1.807) is 24.1 Å².